The van der Waals surface area contributed by atoms with E-state index in [0.717, 1.165) is 25.2 Å². The summed E-state index contributed by atoms with van der Waals surface area (Å²) in [4.78, 5) is 0.255. The van der Waals surface area contributed by atoms with Gasteiger partial charge in [-0.05, 0) is 35.6 Å². The Morgan fingerprint density at radius 2 is 1.83 bits per heavy atom. The highest BCUT2D eigenvalue weighted by Gasteiger charge is 2.15. The molecule has 0 amide bonds. The number of alkyl halides is 1. The van der Waals surface area contributed by atoms with E-state index in [0.29, 0.717) is 0 Å². The van der Waals surface area contributed by atoms with Crippen LogP contribution < -0.4 is 4.74 Å². The maximum atomic E-state index is 5.65. The van der Waals surface area contributed by atoms with E-state index >= 15 is 0 Å². The summed E-state index contributed by atoms with van der Waals surface area (Å²) in [6, 6.07) is 17.0. The van der Waals surface area contributed by atoms with Gasteiger partial charge < -0.3 is 4.74 Å². The lowest BCUT2D eigenvalue weighted by Crippen LogP contribution is -2.08. The first-order chi connectivity index (χ1) is 8.84. The third kappa shape index (κ3) is 2.30. The van der Waals surface area contributed by atoms with Crippen molar-refractivity contribution in [3.63, 3.8) is 0 Å². The molecule has 0 saturated carbocycles. The van der Waals surface area contributed by atoms with Crippen LogP contribution in [0.3, 0.4) is 0 Å². The summed E-state index contributed by atoms with van der Waals surface area (Å²) in [5.41, 5.74) is 3.92. The lowest BCUT2D eigenvalue weighted by molar-refractivity contribution is 0.288. The number of aryl methyl sites for hydroxylation is 1. The van der Waals surface area contributed by atoms with Gasteiger partial charge in [-0.15, -0.1) is 0 Å². The van der Waals surface area contributed by atoms with E-state index in [-0.39, 0.29) is 4.83 Å². The summed E-state index contributed by atoms with van der Waals surface area (Å²) < 4.78 is 5.65. The van der Waals surface area contributed by atoms with Gasteiger partial charge in [-0.25, -0.2) is 0 Å². The van der Waals surface area contributed by atoms with Gasteiger partial charge in [0, 0.05) is 0 Å². The fourth-order valence-corrected chi connectivity index (χ4v) is 2.94. The molecule has 1 atom stereocenters. The van der Waals surface area contributed by atoms with Crippen LogP contribution in [-0.2, 0) is 6.42 Å². The Morgan fingerprint density at radius 1 is 1.00 bits per heavy atom. The molecule has 0 spiro atoms. The van der Waals surface area contributed by atoms with Crippen molar-refractivity contribution < 1.29 is 4.74 Å². The number of hydrogen-bond acceptors (Lipinski definition) is 1. The predicted octanol–water partition coefficient (Wildman–Crippen LogP) is 4.50. The molecular formula is C16H15BrO. The fraction of sp³-hybridized carbons (Fsp3) is 0.250. The number of halogens is 1. The van der Waals surface area contributed by atoms with E-state index < -0.39 is 0 Å². The summed E-state index contributed by atoms with van der Waals surface area (Å²) in [6.45, 7) is 0.850. The molecule has 0 aromatic heterocycles. The smallest absolute Gasteiger partial charge is 0.122 e. The molecule has 92 valence electrons. The van der Waals surface area contributed by atoms with Crippen molar-refractivity contribution in [1.29, 1.82) is 0 Å². The molecule has 1 heterocycles. The third-order valence-electron chi connectivity index (χ3n) is 3.32. The average molecular weight is 303 g/mol. The molecule has 1 unspecified atom stereocenters. The zero-order valence-corrected chi connectivity index (χ0v) is 11.7. The molecule has 2 aromatic rings. The van der Waals surface area contributed by atoms with Gasteiger partial charge in [0.25, 0.3) is 0 Å². The van der Waals surface area contributed by atoms with E-state index in [4.69, 9.17) is 4.74 Å². The largest absolute Gasteiger partial charge is 0.493 e. The summed E-state index contributed by atoms with van der Waals surface area (Å²) in [5, 5.41) is 0. The number of benzene rings is 2. The molecule has 3 rings (SSSR count). The van der Waals surface area contributed by atoms with Crippen LogP contribution in [0.15, 0.2) is 48.5 Å². The van der Waals surface area contributed by atoms with Crippen LogP contribution in [0.25, 0.3) is 0 Å². The zero-order valence-electron chi connectivity index (χ0n) is 10.1. The van der Waals surface area contributed by atoms with Crippen LogP contribution in [-0.4, -0.2) is 6.61 Å². The molecule has 0 N–H and O–H groups in total. The first kappa shape index (κ1) is 11.8. The number of rotatable bonds is 2. The first-order valence-corrected chi connectivity index (χ1v) is 7.21. The lowest BCUT2D eigenvalue weighted by Gasteiger charge is -2.19. The van der Waals surface area contributed by atoms with Crippen molar-refractivity contribution in [3.05, 3.63) is 65.2 Å². The first-order valence-electron chi connectivity index (χ1n) is 6.29. The Morgan fingerprint density at radius 3 is 2.67 bits per heavy atom. The molecule has 0 aliphatic carbocycles. The van der Waals surface area contributed by atoms with Crippen LogP contribution in [0, 0.1) is 0 Å². The summed E-state index contributed by atoms with van der Waals surface area (Å²) in [7, 11) is 0. The highest BCUT2D eigenvalue weighted by molar-refractivity contribution is 9.09. The monoisotopic (exact) mass is 302 g/mol. The molecular weight excluding hydrogens is 288 g/mol. The number of fused-ring (bicyclic) bond motifs is 1. The molecule has 0 radical (unpaired) electrons. The van der Waals surface area contributed by atoms with E-state index in [9.17, 15) is 0 Å². The third-order valence-corrected chi connectivity index (χ3v) is 4.37. The van der Waals surface area contributed by atoms with E-state index in [2.05, 4.69) is 58.4 Å². The van der Waals surface area contributed by atoms with Crippen LogP contribution in [0.5, 0.6) is 5.75 Å². The number of ether oxygens (including phenoxy) is 1. The van der Waals surface area contributed by atoms with E-state index in [1.165, 1.54) is 16.7 Å². The van der Waals surface area contributed by atoms with Gasteiger partial charge in [0.05, 0.1) is 11.4 Å². The van der Waals surface area contributed by atoms with Gasteiger partial charge in [0.15, 0.2) is 0 Å². The predicted molar refractivity (Wildman–Crippen MR) is 77.5 cm³/mol. The molecule has 0 saturated heterocycles. The zero-order chi connectivity index (χ0) is 12.4. The second-order valence-corrected chi connectivity index (χ2v) is 5.51. The fourth-order valence-electron chi connectivity index (χ4n) is 2.35. The SMILES string of the molecule is BrC(c1ccccc1)c1ccc2c(c1)CCCO2. The molecule has 0 bridgehead atoms. The lowest BCUT2D eigenvalue weighted by atomic mass is 9.99. The van der Waals surface area contributed by atoms with Gasteiger partial charge in [0.1, 0.15) is 5.75 Å². The highest BCUT2D eigenvalue weighted by Crippen LogP contribution is 2.34. The van der Waals surface area contributed by atoms with E-state index in [1.807, 2.05) is 6.07 Å². The second-order valence-electron chi connectivity index (χ2n) is 4.59. The minimum atomic E-state index is 0.255. The van der Waals surface area contributed by atoms with Crippen molar-refractivity contribution in [1.82, 2.24) is 0 Å². The van der Waals surface area contributed by atoms with Crippen LogP contribution in [0.4, 0.5) is 0 Å². The molecule has 1 nitrogen and oxygen atoms in total. The molecule has 1 aliphatic rings. The maximum absolute atomic E-state index is 5.65. The standard InChI is InChI=1S/C16H15BrO/c17-16(12-5-2-1-3-6-12)14-8-9-15-13(11-14)7-4-10-18-15/h1-3,5-6,8-9,11,16H,4,7,10H2. The molecule has 1 aliphatic heterocycles. The minimum Gasteiger partial charge on any atom is -0.493 e. The van der Waals surface area contributed by atoms with Crippen LogP contribution in [0.2, 0.25) is 0 Å². The van der Waals surface area contributed by atoms with Crippen LogP contribution in [0.1, 0.15) is 27.9 Å². The summed E-state index contributed by atoms with van der Waals surface area (Å²) >= 11 is 3.78. The van der Waals surface area contributed by atoms with Crippen molar-refractivity contribution in [2.45, 2.75) is 17.7 Å². The van der Waals surface area contributed by atoms with Crippen molar-refractivity contribution in [2.75, 3.05) is 6.61 Å². The number of hydrogen-bond donors (Lipinski definition) is 0. The molecule has 0 fully saturated rings. The Kier molecular flexibility index (Phi) is 3.37. The highest BCUT2D eigenvalue weighted by atomic mass is 79.9. The topological polar surface area (TPSA) is 9.23 Å². The minimum absolute atomic E-state index is 0.255. The Balaban J connectivity index is 1.93. The quantitative estimate of drug-likeness (QED) is 0.742. The molecule has 2 heteroatoms. The van der Waals surface area contributed by atoms with Crippen molar-refractivity contribution in [3.8, 4) is 5.75 Å². The molecule has 2 aromatic carbocycles. The van der Waals surface area contributed by atoms with Gasteiger partial charge in [-0.2, -0.15) is 0 Å². The van der Waals surface area contributed by atoms with Gasteiger partial charge in [0.2, 0.25) is 0 Å². The van der Waals surface area contributed by atoms with Gasteiger partial charge in [-0.1, -0.05) is 58.4 Å². The Hall–Kier alpha value is -1.28. The average Bonchev–Trinajstić information content (AvgIpc) is 2.47. The summed E-state index contributed by atoms with van der Waals surface area (Å²) in [5.74, 6) is 1.05. The normalized spacial score (nSPS) is 15.6. The van der Waals surface area contributed by atoms with E-state index in [1.54, 1.807) is 0 Å². The van der Waals surface area contributed by atoms with Gasteiger partial charge >= 0.3 is 0 Å². The Labute approximate surface area is 116 Å². The maximum Gasteiger partial charge on any atom is 0.122 e. The molecule has 18 heavy (non-hydrogen) atoms. The Bertz CT molecular complexity index is 536. The summed E-state index contributed by atoms with van der Waals surface area (Å²) in [6.07, 6.45) is 2.24. The second kappa shape index (κ2) is 5.15. The van der Waals surface area contributed by atoms with Crippen LogP contribution >= 0.6 is 15.9 Å². The van der Waals surface area contributed by atoms with Crippen molar-refractivity contribution in [2.24, 2.45) is 0 Å². The van der Waals surface area contributed by atoms with Crippen molar-refractivity contribution >= 4 is 15.9 Å². The van der Waals surface area contributed by atoms with Gasteiger partial charge in [-0.3, -0.25) is 0 Å².